The van der Waals surface area contributed by atoms with E-state index >= 15 is 0 Å². The van der Waals surface area contributed by atoms with Crippen molar-refractivity contribution < 1.29 is 19.0 Å². The van der Waals surface area contributed by atoms with Crippen LogP contribution >= 0.6 is 24.0 Å². The predicted octanol–water partition coefficient (Wildman–Crippen LogP) is 3.26. The number of halogens is 2. The fourth-order valence-corrected chi connectivity index (χ4v) is 2.49. The van der Waals surface area contributed by atoms with E-state index in [-0.39, 0.29) is 42.9 Å². The summed E-state index contributed by atoms with van der Waals surface area (Å²) in [5.74, 6) is 1.57. The van der Waals surface area contributed by atoms with Crippen molar-refractivity contribution in [2.75, 3.05) is 26.8 Å². The molecule has 2 aromatic rings. The third kappa shape index (κ3) is 8.86. The van der Waals surface area contributed by atoms with E-state index in [1.165, 1.54) is 24.3 Å². The van der Waals surface area contributed by atoms with Crippen LogP contribution in [0.15, 0.2) is 47.5 Å². The van der Waals surface area contributed by atoms with E-state index in [9.17, 15) is 9.50 Å². The maximum Gasteiger partial charge on any atom is 0.191 e. The number of benzene rings is 2. The zero-order valence-corrected chi connectivity index (χ0v) is 19.3. The monoisotopic (exact) mass is 517 g/mol. The number of rotatable bonds is 9. The molecule has 0 aromatic heterocycles. The van der Waals surface area contributed by atoms with Crippen LogP contribution in [0, 0.1) is 12.7 Å². The van der Waals surface area contributed by atoms with Crippen molar-refractivity contribution in [3.05, 3.63) is 59.4 Å². The Morgan fingerprint density at radius 1 is 1.17 bits per heavy atom. The van der Waals surface area contributed by atoms with Crippen molar-refractivity contribution in [3.8, 4) is 11.5 Å². The fraction of sp³-hybridized carbons (Fsp3) is 0.381. The second-order valence-corrected chi connectivity index (χ2v) is 6.31. The number of methoxy groups -OCH3 is 1. The Labute approximate surface area is 188 Å². The molecule has 0 aliphatic carbocycles. The molecule has 0 aliphatic rings. The Bertz CT molecular complexity index is 772. The molecule has 6 nitrogen and oxygen atoms in total. The number of nitrogens with one attached hydrogen (secondary N) is 2. The van der Waals surface area contributed by atoms with E-state index in [0.29, 0.717) is 24.8 Å². The average Bonchev–Trinajstić information content (AvgIpc) is 2.70. The lowest BCUT2D eigenvalue weighted by molar-refractivity contribution is 0.110. The van der Waals surface area contributed by atoms with E-state index in [2.05, 4.69) is 15.6 Å². The molecule has 2 aromatic carbocycles. The molecule has 8 heteroatoms. The van der Waals surface area contributed by atoms with Gasteiger partial charge in [-0.05, 0) is 49.7 Å². The number of aryl methyl sites for hydroxylation is 1. The second-order valence-electron chi connectivity index (χ2n) is 6.31. The Kier molecular flexibility index (Phi) is 11.4. The molecule has 0 spiro atoms. The van der Waals surface area contributed by atoms with Crippen molar-refractivity contribution in [1.82, 2.24) is 10.6 Å². The molecule has 3 N–H and O–H groups in total. The average molecular weight is 517 g/mol. The van der Waals surface area contributed by atoms with Gasteiger partial charge >= 0.3 is 0 Å². The standard InChI is InChI=1S/C21H28FN3O3.HI/c1-4-23-21(24-12-16-6-5-15(2)11-20(16)27-3)25-13-18(26)14-28-19-9-7-17(22)8-10-19;/h5-11,18,26H,4,12-14H2,1-3H3,(H2,23,24,25);1H. The molecule has 1 unspecified atom stereocenters. The first-order valence-corrected chi connectivity index (χ1v) is 9.24. The Hall–Kier alpha value is -2.07. The maximum atomic E-state index is 12.9. The van der Waals surface area contributed by atoms with Gasteiger partial charge in [-0.1, -0.05) is 12.1 Å². The molecule has 2 rings (SSSR count). The highest BCUT2D eigenvalue weighted by Crippen LogP contribution is 2.20. The highest BCUT2D eigenvalue weighted by atomic mass is 127. The van der Waals surface area contributed by atoms with Gasteiger partial charge < -0.3 is 25.2 Å². The van der Waals surface area contributed by atoms with Crippen molar-refractivity contribution in [3.63, 3.8) is 0 Å². The molecule has 29 heavy (non-hydrogen) atoms. The van der Waals surface area contributed by atoms with Gasteiger partial charge in [0.25, 0.3) is 0 Å². The van der Waals surface area contributed by atoms with Crippen LogP contribution in [0.25, 0.3) is 0 Å². The number of aliphatic hydroxyl groups is 1. The molecule has 0 bridgehead atoms. The fourth-order valence-electron chi connectivity index (χ4n) is 2.49. The van der Waals surface area contributed by atoms with Gasteiger partial charge in [-0.15, -0.1) is 24.0 Å². The van der Waals surface area contributed by atoms with E-state index in [1.54, 1.807) is 7.11 Å². The van der Waals surface area contributed by atoms with Gasteiger partial charge in [-0.2, -0.15) is 0 Å². The predicted molar refractivity (Wildman–Crippen MR) is 124 cm³/mol. The first-order chi connectivity index (χ1) is 13.5. The topological polar surface area (TPSA) is 75.1 Å². The summed E-state index contributed by atoms with van der Waals surface area (Å²) in [6.45, 7) is 5.47. The minimum Gasteiger partial charge on any atom is -0.496 e. The lowest BCUT2D eigenvalue weighted by Crippen LogP contribution is -2.42. The Morgan fingerprint density at radius 2 is 1.90 bits per heavy atom. The van der Waals surface area contributed by atoms with Gasteiger partial charge in [0.2, 0.25) is 0 Å². The maximum absolute atomic E-state index is 12.9. The van der Waals surface area contributed by atoms with Crippen molar-refractivity contribution in [1.29, 1.82) is 0 Å². The van der Waals surface area contributed by atoms with Crippen LogP contribution in [-0.4, -0.2) is 44.0 Å². The van der Waals surface area contributed by atoms with Crippen LogP contribution in [0.4, 0.5) is 4.39 Å². The molecular formula is C21H29FIN3O3. The number of ether oxygens (including phenoxy) is 2. The van der Waals surface area contributed by atoms with Crippen LogP contribution in [-0.2, 0) is 6.54 Å². The quantitative estimate of drug-likeness (QED) is 0.271. The summed E-state index contributed by atoms with van der Waals surface area (Å²) in [4.78, 5) is 4.54. The summed E-state index contributed by atoms with van der Waals surface area (Å²) in [5.41, 5.74) is 2.10. The normalized spacial score (nSPS) is 12.0. The number of hydrogen-bond donors (Lipinski definition) is 3. The highest BCUT2D eigenvalue weighted by Gasteiger charge is 2.08. The molecule has 0 heterocycles. The molecule has 0 amide bonds. The van der Waals surface area contributed by atoms with Crippen LogP contribution < -0.4 is 20.1 Å². The summed E-state index contributed by atoms with van der Waals surface area (Å²) >= 11 is 0. The number of aliphatic hydroxyl groups excluding tert-OH is 1. The number of guanidine groups is 1. The minimum absolute atomic E-state index is 0. The molecular weight excluding hydrogens is 488 g/mol. The van der Waals surface area contributed by atoms with Gasteiger partial charge in [0, 0.05) is 18.7 Å². The SMILES string of the molecule is CCNC(=NCc1ccc(C)cc1OC)NCC(O)COc1ccc(F)cc1.I. The molecule has 0 saturated heterocycles. The third-order valence-electron chi connectivity index (χ3n) is 3.96. The van der Waals surface area contributed by atoms with Crippen molar-refractivity contribution in [2.45, 2.75) is 26.5 Å². The highest BCUT2D eigenvalue weighted by molar-refractivity contribution is 14.0. The van der Waals surface area contributed by atoms with Crippen molar-refractivity contribution in [2.24, 2.45) is 4.99 Å². The smallest absolute Gasteiger partial charge is 0.191 e. The lowest BCUT2D eigenvalue weighted by atomic mass is 10.1. The minimum atomic E-state index is -0.747. The van der Waals surface area contributed by atoms with E-state index in [4.69, 9.17) is 9.47 Å². The van der Waals surface area contributed by atoms with E-state index < -0.39 is 6.10 Å². The summed E-state index contributed by atoms with van der Waals surface area (Å²) < 4.78 is 23.7. The Morgan fingerprint density at radius 3 is 2.55 bits per heavy atom. The molecule has 160 valence electrons. The van der Waals surface area contributed by atoms with E-state index in [1.807, 2.05) is 32.0 Å². The molecule has 0 radical (unpaired) electrons. The number of hydrogen-bond acceptors (Lipinski definition) is 4. The van der Waals surface area contributed by atoms with Crippen molar-refractivity contribution >= 4 is 29.9 Å². The summed E-state index contributed by atoms with van der Waals surface area (Å²) in [6.07, 6.45) is -0.747. The van der Waals surface area contributed by atoms with Gasteiger partial charge in [0.05, 0.1) is 13.7 Å². The van der Waals surface area contributed by atoms with Crippen LogP contribution in [0.1, 0.15) is 18.1 Å². The first kappa shape index (κ1) is 25.0. The third-order valence-corrected chi connectivity index (χ3v) is 3.96. The molecule has 0 fully saturated rings. The van der Waals surface area contributed by atoms with Crippen LogP contribution in [0.2, 0.25) is 0 Å². The zero-order valence-electron chi connectivity index (χ0n) is 16.9. The van der Waals surface area contributed by atoms with Crippen LogP contribution in [0.3, 0.4) is 0 Å². The zero-order chi connectivity index (χ0) is 20.4. The summed E-state index contributed by atoms with van der Waals surface area (Å²) in [5, 5.41) is 16.4. The summed E-state index contributed by atoms with van der Waals surface area (Å²) in [7, 11) is 1.64. The lowest BCUT2D eigenvalue weighted by Gasteiger charge is -2.16. The number of aliphatic imine (C=N–C) groups is 1. The van der Waals surface area contributed by atoms with Gasteiger partial charge in [0.1, 0.15) is 30.0 Å². The van der Waals surface area contributed by atoms with E-state index in [0.717, 1.165) is 16.9 Å². The first-order valence-electron chi connectivity index (χ1n) is 9.24. The molecule has 0 aliphatic heterocycles. The molecule has 1 atom stereocenters. The number of nitrogens with zero attached hydrogens (tertiary/aromatic N) is 1. The van der Waals surface area contributed by atoms with Gasteiger partial charge in [-0.25, -0.2) is 9.38 Å². The Balaban J connectivity index is 0.00000420. The molecule has 0 saturated carbocycles. The second kappa shape index (κ2) is 13.2. The van der Waals surface area contributed by atoms with Gasteiger partial charge in [-0.3, -0.25) is 0 Å². The largest absolute Gasteiger partial charge is 0.496 e. The van der Waals surface area contributed by atoms with Crippen LogP contribution in [0.5, 0.6) is 11.5 Å². The summed E-state index contributed by atoms with van der Waals surface area (Å²) in [6, 6.07) is 11.7. The van der Waals surface area contributed by atoms with Gasteiger partial charge in [0.15, 0.2) is 5.96 Å².